The molecule has 0 aliphatic heterocycles. The maximum atomic E-state index is 4.27. The van der Waals surface area contributed by atoms with Crippen molar-refractivity contribution < 1.29 is 0 Å². The van der Waals surface area contributed by atoms with Crippen LogP contribution in [0.1, 0.15) is 11.1 Å². The normalized spacial score (nSPS) is 11.4. The first kappa shape index (κ1) is 15.1. The minimum atomic E-state index is 0.749. The Balaban J connectivity index is 1.58. The van der Waals surface area contributed by atoms with E-state index in [2.05, 4.69) is 70.2 Å². The number of hydrogen-bond donors (Lipinski definition) is 2. The molecule has 0 radical (unpaired) electrons. The topological polar surface area (TPSA) is 36.4 Å². The minimum absolute atomic E-state index is 0.749. The van der Waals surface area contributed by atoms with Crippen molar-refractivity contribution in [3.63, 3.8) is 0 Å². The van der Waals surface area contributed by atoms with Crippen LogP contribution in [-0.2, 0) is 13.1 Å². The number of fused-ring (bicyclic) bond motifs is 1. The van der Waals surface area contributed by atoms with Gasteiger partial charge in [0.05, 0.1) is 0 Å². The van der Waals surface area contributed by atoms with Gasteiger partial charge in [-0.15, -0.1) is 0 Å². The number of benzene rings is 3. The van der Waals surface area contributed by atoms with Gasteiger partial charge in [-0.25, -0.2) is 0 Å². The van der Waals surface area contributed by atoms with Crippen molar-refractivity contribution in [1.82, 2.24) is 10.6 Å². The van der Waals surface area contributed by atoms with Gasteiger partial charge in [-0.3, -0.25) is 4.99 Å². The molecule has 0 heterocycles. The number of rotatable bonds is 4. The number of hydrogen-bond acceptors (Lipinski definition) is 1. The average molecular weight is 303 g/mol. The Morgan fingerprint density at radius 3 is 2.13 bits per heavy atom. The van der Waals surface area contributed by atoms with Crippen LogP contribution in [-0.4, -0.2) is 13.0 Å². The fourth-order valence-corrected chi connectivity index (χ4v) is 2.54. The van der Waals surface area contributed by atoms with E-state index < -0.39 is 0 Å². The van der Waals surface area contributed by atoms with Gasteiger partial charge in [-0.2, -0.15) is 0 Å². The molecule has 3 heteroatoms. The van der Waals surface area contributed by atoms with Crippen molar-refractivity contribution in [2.24, 2.45) is 4.99 Å². The highest BCUT2D eigenvalue weighted by Gasteiger charge is 2.00. The summed E-state index contributed by atoms with van der Waals surface area (Å²) in [6.07, 6.45) is 0. The maximum absolute atomic E-state index is 4.27. The molecule has 2 N–H and O–H groups in total. The average Bonchev–Trinajstić information content (AvgIpc) is 2.62. The Morgan fingerprint density at radius 1 is 0.739 bits per heavy atom. The molecule has 23 heavy (non-hydrogen) atoms. The molecule has 0 aromatic heterocycles. The van der Waals surface area contributed by atoms with Crippen molar-refractivity contribution in [3.05, 3.63) is 83.9 Å². The van der Waals surface area contributed by atoms with Crippen LogP contribution in [0.5, 0.6) is 0 Å². The lowest BCUT2D eigenvalue weighted by Crippen LogP contribution is -2.36. The predicted octanol–water partition coefficient (Wildman–Crippen LogP) is 3.71. The third-order valence-electron chi connectivity index (χ3n) is 3.80. The summed E-state index contributed by atoms with van der Waals surface area (Å²) >= 11 is 0. The second-order valence-electron chi connectivity index (χ2n) is 5.45. The Labute approximate surface area is 137 Å². The van der Waals surface area contributed by atoms with Crippen LogP contribution in [0.3, 0.4) is 0 Å². The monoisotopic (exact) mass is 303 g/mol. The molecule has 0 bridgehead atoms. The first-order valence-electron chi connectivity index (χ1n) is 7.81. The van der Waals surface area contributed by atoms with Crippen LogP contribution in [0.2, 0.25) is 0 Å². The molecule has 0 amide bonds. The van der Waals surface area contributed by atoms with E-state index in [1.165, 1.54) is 21.9 Å². The summed E-state index contributed by atoms with van der Waals surface area (Å²) in [6, 6.07) is 25.2. The van der Waals surface area contributed by atoms with E-state index in [1.807, 2.05) is 18.2 Å². The number of nitrogens with one attached hydrogen (secondary N) is 2. The van der Waals surface area contributed by atoms with Gasteiger partial charge in [-0.1, -0.05) is 66.7 Å². The Hall–Kier alpha value is -2.81. The van der Waals surface area contributed by atoms with Gasteiger partial charge in [0, 0.05) is 20.1 Å². The van der Waals surface area contributed by atoms with Gasteiger partial charge in [-0.05, 0) is 28.0 Å². The third-order valence-corrected chi connectivity index (χ3v) is 3.80. The second-order valence-corrected chi connectivity index (χ2v) is 5.45. The molecule has 0 aliphatic carbocycles. The van der Waals surface area contributed by atoms with E-state index in [0.717, 1.165) is 19.0 Å². The summed E-state index contributed by atoms with van der Waals surface area (Å²) in [6.45, 7) is 1.51. The van der Waals surface area contributed by atoms with Crippen molar-refractivity contribution >= 4 is 16.7 Å². The molecule has 3 aromatic rings. The van der Waals surface area contributed by atoms with Crippen LogP contribution in [0.15, 0.2) is 77.8 Å². The predicted molar refractivity (Wildman–Crippen MR) is 97.4 cm³/mol. The third kappa shape index (κ3) is 4.10. The van der Waals surface area contributed by atoms with Gasteiger partial charge in [0.1, 0.15) is 0 Å². The van der Waals surface area contributed by atoms with E-state index in [-0.39, 0.29) is 0 Å². The largest absolute Gasteiger partial charge is 0.352 e. The Morgan fingerprint density at radius 2 is 1.39 bits per heavy atom. The smallest absolute Gasteiger partial charge is 0.191 e. The molecule has 0 fully saturated rings. The lowest BCUT2D eigenvalue weighted by atomic mass is 10.1. The number of nitrogens with zero attached hydrogens (tertiary/aromatic N) is 1. The molecule has 0 atom stereocenters. The summed E-state index contributed by atoms with van der Waals surface area (Å²) < 4.78 is 0. The second kappa shape index (κ2) is 7.45. The Kier molecular flexibility index (Phi) is 4.89. The standard InChI is InChI=1S/C20H21N3/c1-21-20(22-14-16-7-3-2-4-8-16)23-15-17-11-12-18-9-5-6-10-19(18)13-17/h2-13H,14-15H2,1H3,(H2,21,22,23). The molecular weight excluding hydrogens is 282 g/mol. The van der Waals surface area contributed by atoms with E-state index >= 15 is 0 Å². The van der Waals surface area contributed by atoms with Gasteiger partial charge in [0.2, 0.25) is 0 Å². The first-order valence-corrected chi connectivity index (χ1v) is 7.81. The molecule has 0 spiro atoms. The molecule has 116 valence electrons. The van der Waals surface area contributed by atoms with Crippen molar-refractivity contribution in [3.8, 4) is 0 Å². The zero-order chi connectivity index (χ0) is 15.9. The van der Waals surface area contributed by atoms with Crippen LogP contribution in [0.25, 0.3) is 10.8 Å². The number of guanidine groups is 1. The van der Waals surface area contributed by atoms with Crippen molar-refractivity contribution in [1.29, 1.82) is 0 Å². The van der Waals surface area contributed by atoms with Crippen LogP contribution in [0.4, 0.5) is 0 Å². The van der Waals surface area contributed by atoms with E-state index in [4.69, 9.17) is 0 Å². The lowest BCUT2D eigenvalue weighted by molar-refractivity contribution is 0.810. The van der Waals surface area contributed by atoms with Gasteiger partial charge < -0.3 is 10.6 Å². The summed E-state index contributed by atoms with van der Waals surface area (Å²) in [5.41, 5.74) is 2.48. The van der Waals surface area contributed by atoms with E-state index in [9.17, 15) is 0 Å². The van der Waals surface area contributed by atoms with E-state index in [0.29, 0.717) is 0 Å². The fraction of sp³-hybridized carbons (Fsp3) is 0.150. The molecule has 3 rings (SSSR count). The minimum Gasteiger partial charge on any atom is -0.352 e. The highest BCUT2D eigenvalue weighted by molar-refractivity contribution is 5.83. The molecule has 0 unspecified atom stereocenters. The highest BCUT2D eigenvalue weighted by Crippen LogP contribution is 2.15. The molecule has 3 nitrogen and oxygen atoms in total. The SMILES string of the molecule is CN=C(NCc1ccccc1)NCc1ccc2ccccc2c1. The molecule has 0 aliphatic rings. The molecular formula is C20H21N3. The number of aliphatic imine (C=N–C) groups is 1. The van der Waals surface area contributed by atoms with Crippen molar-refractivity contribution in [2.45, 2.75) is 13.1 Å². The summed E-state index contributed by atoms with van der Waals surface area (Å²) in [7, 11) is 1.79. The van der Waals surface area contributed by atoms with E-state index in [1.54, 1.807) is 7.05 Å². The highest BCUT2D eigenvalue weighted by atomic mass is 15.2. The summed E-state index contributed by atoms with van der Waals surface area (Å²) in [4.78, 5) is 4.27. The Bertz CT molecular complexity index is 794. The quantitative estimate of drug-likeness (QED) is 0.569. The summed E-state index contributed by atoms with van der Waals surface area (Å²) in [5, 5.41) is 9.22. The van der Waals surface area contributed by atoms with Gasteiger partial charge >= 0.3 is 0 Å². The molecule has 3 aromatic carbocycles. The zero-order valence-electron chi connectivity index (χ0n) is 13.3. The van der Waals surface area contributed by atoms with Gasteiger partial charge in [0.25, 0.3) is 0 Å². The molecule has 0 saturated carbocycles. The van der Waals surface area contributed by atoms with Crippen LogP contribution >= 0.6 is 0 Å². The van der Waals surface area contributed by atoms with Crippen molar-refractivity contribution in [2.75, 3.05) is 7.05 Å². The van der Waals surface area contributed by atoms with Gasteiger partial charge in [0.15, 0.2) is 5.96 Å². The molecule has 0 saturated heterocycles. The maximum Gasteiger partial charge on any atom is 0.191 e. The van der Waals surface area contributed by atoms with Crippen LogP contribution in [0, 0.1) is 0 Å². The van der Waals surface area contributed by atoms with Crippen LogP contribution < -0.4 is 10.6 Å². The first-order chi connectivity index (χ1) is 11.3. The lowest BCUT2D eigenvalue weighted by Gasteiger charge is -2.12. The zero-order valence-corrected chi connectivity index (χ0v) is 13.3. The summed E-state index contributed by atoms with van der Waals surface area (Å²) in [5.74, 6) is 0.807. The fourth-order valence-electron chi connectivity index (χ4n) is 2.54.